The largest absolute Gasteiger partial charge is 0.355 e. The summed E-state index contributed by atoms with van der Waals surface area (Å²) in [5.41, 5.74) is 1.31. The summed E-state index contributed by atoms with van der Waals surface area (Å²) in [6, 6.07) is 10.9. The molecule has 0 radical (unpaired) electrons. The van der Waals surface area contributed by atoms with Crippen LogP contribution < -0.4 is 10.6 Å². The van der Waals surface area contributed by atoms with Crippen LogP contribution in [0.15, 0.2) is 35.3 Å². The molecule has 2 aliphatic heterocycles. The van der Waals surface area contributed by atoms with Crippen molar-refractivity contribution in [1.29, 1.82) is 0 Å². The summed E-state index contributed by atoms with van der Waals surface area (Å²) in [5, 5.41) is 6.67. The summed E-state index contributed by atoms with van der Waals surface area (Å²) in [7, 11) is -1.29. The van der Waals surface area contributed by atoms with Crippen molar-refractivity contribution in [3.63, 3.8) is 0 Å². The smallest absolute Gasteiger partial charge is 0.214 e. The number of aliphatic imine (C=N–C) groups is 1. The molecule has 158 valence electrons. The van der Waals surface area contributed by atoms with E-state index in [-0.39, 0.29) is 29.7 Å². The van der Waals surface area contributed by atoms with Gasteiger partial charge in [-0.05, 0) is 37.9 Å². The maximum Gasteiger partial charge on any atom is 0.214 e. The third kappa shape index (κ3) is 6.30. The number of likely N-dealkylation sites (tertiary alicyclic amines) is 1. The summed E-state index contributed by atoms with van der Waals surface area (Å²) >= 11 is 0. The summed E-state index contributed by atoms with van der Waals surface area (Å²) in [5.74, 6) is 0.987. The number of sulfonamides is 1. The lowest BCUT2D eigenvalue weighted by Crippen LogP contribution is -2.45. The van der Waals surface area contributed by atoms with Gasteiger partial charge in [0, 0.05) is 33.2 Å². The zero-order valence-electron chi connectivity index (χ0n) is 16.5. The Kier molecular flexibility index (Phi) is 9.45. The minimum Gasteiger partial charge on any atom is -0.355 e. The van der Waals surface area contributed by atoms with Crippen molar-refractivity contribution in [2.24, 2.45) is 4.99 Å². The van der Waals surface area contributed by atoms with Crippen LogP contribution in [0.3, 0.4) is 0 Å². The van der Waals surface area contributed by atoms with Crippen molar-refractivity contribution in [2.45, 2.75) is 25.3 Å². The number of nitrogens with one attached hydrogen (secondary N) is 2. The molecular weight excluding hydrogens is 489 g/mol. The first-order valence-electron chi connectivity index (χ1n) is 9.81. The van der Waals surface area contributed by atoms with Crippen molar-refractivity contribution < 1.29 is 8.42 Å². The van der Waals surface area contributed by atoms with Gasteiger partial charge in [-0.2, -0.15) is 0 Å². The summed E-state index contributed by atoms with van der Waals surface area (Å²) in [4.78, 5) is 6.81. The van der Waals surface area contributed by atoms with Gasteiger partial charge in [-0.25, -0.2) is 12.7 Å². The predicted molar refractivity (Wildman–Crippen MR) is 125 cm³/mol. The molecule has 7 nitrogen and oxygen atoms in total. The summed E-state index contributed by atoms with van der Waals surface area (Å²) in [6.45, 7) is 4.68. The Morgan fingerprint density at radius 1 is 1.11 bits per heavy atom. The Morgan fingerprint density at radius 2 is 1.82 bits per heavy atom. The predicted octanol–water partition coefficient (Wildman–Crippen LogP) is 1.64. The molecule has 2 N–H and O–H groups in total. The SMILES string of the molecule is CN=C(NCCN1CCCS1(=O)=O)NCC(c1ccccc1)N1CCCC1.I. The average molecular weight is 521 g/mol. The van der Waals surface area contributed by atoms with Gasteiger partial charge in [0.25, 0.3) is 0 Å². The molecule has 1 atom stereocenters. The van der Waals surface area contributed by atoms with E-state index in [0.29, 0.717) is 31.6 Å². The molecule has 0 aromatic heterocycles. The lowest BCUT2D eigenvalue weighted by Gasteiger charge is -2.29. The Hall–Kier alpha value is -0.910. The quantitative estimate of drug-likeness (QED) is 0.324. The molecule has 0 bridgehead atoms. The van der Waals surface area contributed by atoms with E-state index < -0.39 is 10.0 Å². The van der Waals surface area contributed by atoms with Gasteiger partial charge in [0.1, 0.15) is 0 Å². The highest BCUT2D eigenvalue weighted by Gasteiger charge is 2.27. The van der Waals surface area contributed by atoms with E-state index in [9.17, 15) is 8.42 Å². The van der Waals surface area contributed by atoms with Crippen LogP contribution in [0.4, 0.5) is 0 Å². The van der Waals surface area contributed by atoms with Crippen LogP contribution in [0, 0.1) is 0 Å². The van der Waals surface area contributed by atoms with Crippen LogP contribution in [0.1, 0.15) is 30.9 Å². The third-order valence-corrected chi connectivity index (χ3v) is 7.27. The Bertz CT molecular complexity index is 723. The Balaban J connectivity index is 0.00000280. The molecule has 1 unspecified atom stereocenters. The van der Waals surface area contributed by atoms with Gasteiger partial charge in [0.05, 0.1) is 11.8 Å². The minimum absolute atomic E-state index is 0. The minimum atomic E-state index is -3.04. The molecule has 0 saturated carbocycles. The van der Waals surface area contributed by atoms with E-state index in [1.54, 1.807) is 11.4 Å². The first-order chi connectivity index (χ1) is 13.1. The highest BCUT2D eigenvalue weighted by Crippen LogP contribution is 2.24. The van der Waals surface area contributed by atoms with Gasteiger partial charge in [-0.3, -0.25) is 9.89 Å². The normalized spacial score (nSPS) is 21.2. The molecule has 3 rings (SSSR count). The maximum absolute atomic E-state index is 11.9. The van der Waals surface area contributed by atoms with Crippen molar-refractivity contribution in [3.05, 3.63) is 35.9 Å². The molecular formula is C19H32IN5O2S. The van der Waals surface area contributed by atoms with Crippen molar-refractivity contribution >= 4 is 40.0 Å². The van der Waals surface area contributed by atoms with E-state index in [2.05, 4.69) is 44.8 Å². The van der Waals surface area contributed by atoms with Crippen LogP contribution in [0.25, 0.3) is 0 Å². The van der Waals surface area contributed by atoms with Gasteiger partial charge < -0.3 is 10.6 Å². The van der Waals surface area contributed by atoms with Crippen LogP contribution in [-0.4, -0.2) is 75.7 Å². The van der Waals surface area contributed by atoms with Crippen LogP contribution in [0.2, 0.25) is 0 Å². The zero-order chi connectivity index (χ0) is 19.1. The zero-order valence-corrected chi connectivity index (χ0v) is 19.7. The Labute approximate surface area is 186 Å². The third-order valence-electron chi connectivity index (χ3n) is 5.31. The molecule has 1 aromatic rings. The second kappa shape index (κ2) is 11.3. The van der Waals surface area contributed by atoms with E-state index in [1.165, 1.54) is 18.4 Å². The van der Waals surface area contributed by atoms with Crippen molar-refractivity contribution in [2.75, 3.05) is 52.1 Å². The molecule has 28 heavy (non-hydrogen) atoms. The highest BCUT2D eigenvalue weighted by atomic mass is 127. The molecule has 0 spiro atoms. The fourth-order valence-corrected chi connectivity index (χ4v) is 5.37. The van der Waals surface area contributed by atoms with Crippen LogP contribution in [0.5, 0.6) is 0 Å². The fraction of sp³-hybridized carbons (Fsp3) is 0.632. The van der Waals surface area contributed by atoms with Gasteiger partial charge in [-0.1, -0.05) is 30.3 Å². The highest BCUT2D eigenvalue weighted by molar-refractivity contribution is 14.0. The Morgan fingerprint density at radius 3 is 2.43 bits per heavy atom. The lowest BCUT2D eigenvalue weighted by atomic mass is 10.1. The molecule has 2 heterocycles. The van der Waals surface area contributed by atoms with Crippen molar-refractivity contribution in [3.8, 4) is 0 Å². The van der Waals surface area contributed by atoms with Gasteiger partial charge in [0.2, 0.25) is 10.0 Å². The monoisotopic (exact) mass is 521 g/mol. The first kappa shape index (κ1) is 23.4. The second-order valence-corrected chi connectivity index (χ2v) is 9.21. The van der Waals surface area contributed by atoms with E-state index in [4.69, 9.17) is 0 Å². The van der Waals surface area contributed by atoms with E-state index in [0.717, 1.165) is 26.1 Å². The molecule has 0 aliphatic carbocycles. The number of hydrogen-bond acceptors (Lipinski definition) is 4. The fourth-order valence-electron chi connectivity index (χ4n) is 3.84. The van der Waals surface area contributed by atoms with E-state index in [1.807, 2.05) is 6.07 Å². The lowest BCUT2D eigenvalue weighted by molar-refractivity contribution is 0.245. The number of halogens is 1. The number of hydrogen-bond donors (Lipinski definition) is 2. The van der Waals surface area contributed by atoms with Gasteiger partial charge in [-0.15, -0.1) is 24.0 Å². The molecule has 0 amide bonds. The van der Waals surface area contributed by atoms with Crippen LogP contribution >= 0.6 is 24.0 Å². The first-order valence-corrected chi connectivity index (χ1v) is 11.4. The summed E-state index contributed by atoms with van der Waals surface area (Å²) < 4.78 is 25.3. The van der Waals surface area contributed by atoms with Crippen LogP contribution in [-0.2, 0) is 10.0 Å². The molecule has 2 fully saturated rings. The topological polar surface area (TPSA) is 77.0 Å². The molecule has 2 saturated heterocycles. The number of nitrogens with zero attached hydrogens (tertiary/aromatic N) is 3. The number of guanidine groups is 1. The maximum atomic E-state index is 11.9. The van der Waals surface area contributed by atoms with Crippen molar-refractivity contribution in [1.82, 2.24) is 19.8 Å². The van der Waals surface area contributed by atoms with Gasteiger partial charge >= 0.3 is 0 Å². The average Bonchev–Trinajstić information content (AvgIpc) is 3.31. The van der Waals surface area contributed by atoms with E-state index >= 15 is 0 Å². The molecule has 2 aliphatic rings. The molecule has 9 heteroatoms. The molecule has 1 aromatic carbocycles. The number of benzene rings is 1. The second-order valence-electron chi connectivity index (χ2n) is 7.12. The number of rotatable bonds is 7. The summed E-state index contributed by atoms with van der Waals surface area (Å²) in [6.07, 6.45) is 3.23. The van der Waals surface area contributed by atoms with Gasteiger partial charge in [0.15, 0.2) is 5.96 Å². The standard InChI is InChI=1S/C19H31N5O2S.HI/c1-20-19(21-10-14-24-13-7-15-27(24,25)26)22-16-18(23-11-5-6-12-23)17-8-3-2-4-9-17;/h2-4,8-9,18H,5-7,10-16H2,1H3,(H2,20,21,22);1H.